The average molecular weight is 222 g/mol. The fourth-order valence-electron chi connectivity index (χ4n) is 2.40. The summed E-state index contributed by atoms with van der Waals surface area (Å²) in [6, 6.07) is 0. The van der Waals surface area contributed by atoms with Gasteiger partial charge in [-0.05, 0) is 44.7 Å². The van der Waals surface area contributed by atoms with Gasteiger partial charge in [-0.15, -0.1) is 10.2 Å². The molecule has 1 N–H and O–H groups in total. The third-order valence-corrected chi connectivity index (χ3v) is 3.34. The van der Waals surface area contributed by atoms with Crippen molar-refractivity contribution in [1.82, 2.24) is 20.1 Å². The number of rotatable bonds is 5. The highest BCUT2D eigenvalue weighted by molar-refractivity contribution is 4.87. The normalized spacial score (nSPS) is 21.2. The molecule has 0 amide bonds. The third-order valence-electron chi connectivity index (χ3n) is 3.34. The predicted molar refractivity (Wildman–Crippen MR) is 64.2 cm³/mol. The molecule has 0 aromatic carbocycles. The van der Waals surface area contributed by atoms with Crippen molar-refractivity contribution in [2.45, 2.75) is 45.6 Å². The van der Waals surface area contributed by atoms with E-state index in [4.69, 9.17) is 0 Å². The Hall–Kier alpha value is -0.900. The Labute approximate surface area is 97.5 Å². The number of aryl methyl sites for hydroxylation is 2. The number of piperidine rings is 1. The van der Waals surface area contributed by atoms with E-state index < -0.39 is 0 Å². The van der Waals surface area contributed by atoms with Crippen LogP contribution in [0.2, 0.25) is 0 Å². The van der Waals surface area contributed by atoms with Gasteiger partial charge in [0, 0.05) is 13.0 Å². The van der Waals surface area contributed by atoms with E-state index in [1.165, 1.54) is 32.4 Å². The minimum atomic E-state index is 0.834. The lowest BCUT2D eigenvalue weighted by Gasteiger charge is -2.22. The number of nitrogens with one attached hydrogen (secondary N) is 1. The predicted octanol–water partition coefficient (Wildman–Crippen LogP) is 1.62. The second kappa shape index (κ2) is 5.99. The second-order valence-corrected chi connectivity index (χ2v) is 4.69. The molecule has 0 saturated carbocycles. The summed E-state index contributed by atoms with van der Waals surface area (Å²) in [4.78, 5) is 0. The molecule has 90 valence electrons. The molecule has 2 heterocycles. The van der Waals surface area contributed by atoms with Crippen LogP contribution in [0, 0.1) is 5.92 Å². The van der Waals surface area contributed by atoms with E-state index in [0.717, 1.165) is 31.1 Å². The van der Waals surface area contributed by atoms with Crippen molar-refractivity contribution >= 4 is 0 Å². The highest BCUT2D eigenvalue weighted by Gasteiger charge is 2.14. The minimum Gasteiger partial charge on any atom is -0.318 e. The lowest BCUT2D eigenvalue weighted by Crippen LogP contribution is -2.30. The summed E-state index contributed by atoms with van der Waals surface area (Å²) in [5.74, 6) is 1.99. The van der Waals surface area contributed by atoms with Gasteiger partial charge in [-0.25, -0.2) is 0 Å². The first kappa shape index (κ1) is 11.6. The van der Waals surface area contributed by atoms with Crippen LogP contribution < -0.4 is 5.32 Å². The summed E-state index contributed by atoms with van der Waals surface area (Å²) in [5, 5.41) is 11.7. The Morgan fingerprint density at radius 1 is 1.56 bits per heavy atom. The Bertz CT molecular complexity index is 302. The zero-order valence-corrected chi connectivity index (χ0v) is 10.2. The van der Waals surface area contributed by atoms with Gasteiger partial charge >= 0.3 is 0 Å². The van der Waals surface area contributed by atoms with Crippen LogP contribution in [0.25, 0.3) is 0 Å². The van der Waals surface area contributed by atoms with Gasteiger partial charge in [-0.2, -0.15) is 0 Å². The molecule has 1 aliphatic rings. The molecule has 4 heteroatoms. The van der Waals surface area contributed by atoms with Crippen molar-refractivity contribution in [3.05, 3.63) is 12.2 Å². The van der Waals surface area contributed by atoms with E-state index >= 15 is 0 Å². The molecule has 0 radical (unpaired) electrons. The summed E-state index contributed by atoms with van der Waals surface area (Å²) in [6.07, 6.45) is 8.02. The maximum absolute atomic E-state index is 4.21. The summed E-state index contributed by atoms with van der Waals surface area (Å²) in [7, 11) is 0. The van der Waals surface area contributed by atoms with Crippen LogP contribution in [0.15, 0.2) is 6.33 Å². The first-order chi connectivity index (χ1) is 7.90. The van der Waals surface area contributed by atoms with Crippen LogP contribution in [0.1, 0.15) is 38.4 Å². The van der Waals surface area contributed by atoms with Crippen molar-refractivity contribution < 1.29 is 0 Å². The van der Waals surface area contributed by atoms with E-state index in [-0.39, 0.29) is 0 Å². The number of hydrogen-bond acceptors (Lipinski definition) is 3. The van der Waals surface area contributed by atoms with E-state index in [2.05, 4.69) is 27.0 Å². The van der Waals surface area contributed by atoms with Gasteiger partial charge in [0.15, 0.2) is 0 Å². The summed E-state index contributed by atoms with van der Waals surface area (Å²) < 4.78 is 2.19. The van der Waals surface area contributed by atoms with Crippen molar-refractivity contribution in [1.29, 1.82) is 0 Å². The molecule has 4 nitrogen and oxygen atoms in total. The van der Waals surface area contributed by atoms with Gasteiger partial charge in [0.1, 0.15) is 12.2 Å². The molecule has 0 bridgehead atoms. The SMILES string of the molecule is CCCn1cnnc1CCC1CCCNC1. The summed E-state index contributed by atoms with van der Waals surface area (Å²) in [6.45, 7) is 5.62. The molecule has 1 fully saturated rings. The van der Waals surface area contributed by atoms with Gasteiger partial charge in [0.05, 0.1) is 0 Å². The van der Waals surface area contributed by atoms with Crippen molar-refractivity contribution in [2.24, 2.45) is 5.92 Å². The molecule has 2 rings (SSSR count). The highest BCUT2D eigenvalue weighted by atomic mass is 15.3. The van der Waals surface area contributed by atoms with E-state index in [1.54, 1.807) is 0 Å². The van der Waals surface area contributed by atoms with Gasteiger partial charge in [0.25, 0.3) is 0 Å². The molecule has 1 aromatic rings. The maximum atomic E-state index is 4.21. The first-order valence-electron chi connectivity index (χ1n) is 6.47. The molecule has 1 atom stereocenters. The van der Waals surface area contributed by atoms with E-state index in [9.17, 15) is 0 Å². The van der Waals surface area contributed by atoms with Crippen LogP contribution in [0.3, 0.4) is 0 Å². The van der Waals surface area contributed by atoms with Crippen LogP contribution in [0.5, 0.6) is 0 Å². The number of nitrogens with zero attached hydrogens (tertiary/aromatic N) is 3. The standard InChI is InChI=1S/C12H22N4/c1-2-8-16-10-14-15-12(16)6-5-11-4-3-7-13-9-11/h10-11,13H,2-9H2,1H3. The number of hydrogen-bond donors (Lipinski definition) is 1. The summed E-state index contributed by atoms with van der Waals surface area (Å²) >= 11 is 0. The largest absolute Gasteiger partial charge is 0.318 e. The number of aromatic nitrogens is 3. The third kappa shape index (κ3) is 3.04. The van der Waals surface area contributed by atoms with Crippen LogP contribution in [-0.4, -0.2) is 27.9 Å². The zero-order chi connectivity index (χ0) is 11.2. The molecule has 1 aliphatic heterocycles. The molecule has 16 heavy (non-hydrogen) atoms. The van der Waals surface area contributed by atoms with Crippen LogP contribution in [0.4, 0.5) is 0 Å². The summed E-state index contributed by atoms with van der Waals surface area (Å²) in [5.41, 5.74) is 0. The molecule has 0 spiro atoms. The average Bonchev–Trinajstić information content (AvgIpc) is 2.76. The lowest BCUT2D eigenvalue weighted by atomic mass is 9.94. The van der Waals surface area contributed by atoms with Gasteiger partial charge in [-0.3, -0.25) is 0 Å². The van der Waals surface area contributed by atoms with Gasteiger partial charge in [0.2, 0.25) is 0 Å². The monoisotopic (exact) mass is 222 g/mol. The Balaban J connectivity index is 1.81. The highest BCUT2D eigenvalue weighted by Crippen LogP contribution is 2.16. The minimum absolute atomic E-state index is 0.834. The topological polar surface area (TPSA) is 42.7 Å². The molecule has 1 aromatic heterocycles. The van der Waals surface area contributed by atoms with Crippen molar-refractivity contribution in [3.63, 3.8) is 0 Å². The second-order valence-electron chi connectivity index (χ2n) is 4.69. The smallest absolute Gasteiger partial charge is 0.132 e. The van der Waals surface area contributed by atoms with Crippen molar-refractivity contribution in [2.75, 3.05) is 13.1 Å². The maximum Gasteiger partial charge on any atom is 0.132 e. The lowest BCUT2D eigenvalue weighted by molar-refractivity contribution is 0.354. The fraction of sp³-hybridized carbons (Fsp3) is 0.833. The van der Waals surface area contributed by atoms with Crippen LogP contribution in [-0.2, 0) is 13.0 Å². The van der Waals surface area contributed by atoms with Gasteiger partial charge in [-0.1, -0.05) is 6.92 Å². The quantitative estimate of drug-likeness (QED) is 0.823. The van der Waals surface area contributed by atoms with E-state index in [1.807, 2.05) is 6.33 Å². The molecular formula is C12H22N4. The molecular weight excluding hydrogens is 200 g/mol. The fourth-order valence-corrected chi connectivity index (χ4v) is 2.40. The Morgan fingerprint density at radius 3 is 3.25 bits per heavy atom. The van der Waals surface area contributed by atoms with Gasteiger partial charge < -0.3 is 9.88 Å². The molecule has 0 aliphatic carbocycles. The zero-order valence-electron chi connectivity index (χ0n) is 10.2. The molecule has 1 unspecified atom stereocenters. The van der Waals surface area contributed by atoms with Crippen LogP contribution >= 0.6 is 0 Å². The molecule has 1 saturated heterocycles. The van der Waals surface area contributed by atoms with Crippen molar-refractivity contribution in [3.8, 4) is 0 Å². The Morgan fingerprint density at radius 2 is 2.50 bits per heavy atom. The first-order valence-corrected chi connectivity index (χ1v) is 6.47. The Kier molecular flexibility index (Phi) is 4.34. The van der Waals surface area contributed by atoms with E-state index in [0.29, 0.717) is 0 Å².